The van der Waals surface area contributed by atoms with Crippen LogP contribution in [0.25, 0.3) is 0 Å². The Balaban J connectivity index is 2.31. The molecule has 1 aromatic rings. The van der Waals surface area contributed by atoms with Crippen molar-refractivity contribution in [3.05, 3.63) is 33.8 Å². The summed E-state index contributed by atoms with van der Waals surface area (Å²) in [4.78, 5) is 13.9. The van der Waals surface area contributed by atoms with Gasteiger partial charge in [-0.1, -0.05) is 15.9 Å². The van der Waals surface area contributed by atoms with Gasteiger partial charge in [0.2, 0.25) is 0 Å². The van der Waals surface area contributed by atoms with Crippen LogP contribution in [0, 0.1) is 0 Å². The van der Waals surface area contributed by atoms with Gasteiger partial charge in [-0.05, 0) is 25.1 Å². The fraction of sp³-hybridized carbons (Fsp3) is 0.462. The van der Waals surface area contributed by atoms with E-state index in [2.05, 4.69) is 21.2 Å². The highest BCUT2D eigenvalue weighted by Gasteiger charge is 2.34. The second-order valence-electron chi connectivity index (χ2n) is 4.74. The van der Waals surface area contributed by atoms with Gasteiger partial charge in [0, 0.05) is 35.7 Å². The summed E-state index contributed by atoms with van der Waals surface area (Å²) < 4.78 is 38.5. The zero-order valence-corrected chi connectivity index (χ0v) is 12.4. The molecule has 1 atom stereocenters. The summed E-state index contributed by atoms with van der Waals surface area (Å²) in [6, 6.07) is 3.55. The molecule has 1 heterocycles. The SMILES string of the molecule is C[C@H]1CNCCN1C(=O)c1ccc(Br)c(C(F)(F)F)c1. The van der Waals surface area contributed by atoms with Crippen molar-refractivity contribution in [2.45, 2.75) is 19.1 Å². The minimum absolute atomic E-state index is 0.0331. The molecule has 1 amide bonds. The monoisotopic (exact) mass is 350 g/mol. The third kappa shape index (κ3) is 3.15. The largest absolute Gasteiger partial charge is 0.417 e. The lowest BCUT2D eigenvalue weighted by Crippen LogP contribution is -2.52. The summed E-state index contributed by atoms with van der Waals surface area (Å²) >= 11 is 2.87. The topological polar surface area (TPSA) is 32.3 Å². The highest BCUT2D eigenvalue weighted by atomic mass is 79.9. The van der Waals surface area contributed by atoms with Crippen molar-refractivity contribution in [3.63, 3.8) is 0 Å². The average molecular weight is 351 g/mol. The van der Waals surface area contributed by atoms with Gasteiger partial charge in [-0.3, -0.25) is 4.79 Å². The van der Waals surface area contributed by atoms with Crippen molar-refractivity contribution >= 4 is 21.8 Å². The van der Waals surface area contributed by atoms with Gasteiger partial charge in [-0.25, -0.2) is 0 Å². The number of hydrogen-bond donors (Lipinski definition) is 1. The normalized spacial score (nSPS) is 20.1. The van der Waals surface area contributed by atoms with E-state index in [0.717, 1.165) is 6.07 Å². The number of alkyl halides is 3. The molecule has 0 aromatic heterocycles. The highest BCUT2D eigenvalue weighted by Crippen LogP contribution is 2.35. The van der Waals surface area contributed by atoms with E-state index in [0.29, 0.717) is 19.6 Å². The molecule has 110 valence electrons. The van der Waals surface area contributed by atoms with Gasteiger partial charge < -0.3 is 10.2 Å². The molecule has 7 heteroatoms. The molecule has 0 bridgehead atoms. The third-order valence-corrected chi connectivity index (χ3v) is 3.97. The first kappa shape index (κ1) is 15.3. The third-order valence-electron chi connectivity index (χ3n) is 3.28. The average Bonchev–Trinajstić information content (AvgIpc) is 2.37. The molecular formula is C13H14BrF3N2O. The zero-order chi connectivity index (χ0) is 14.9. The lowest BCUT2D eigenvalue weighted by Gasteiger charge is -2.34. The molecule has 1 aliphatic rings. The Morgan fingerprint density at radius 2 is 2.15 bits per heavy atom. The van der Waals surface area contributed by atoms with Crippen LogP contribution in [0.5, 0.6) is 0 Å². The van der Waals surface area contributed by atoms with E-state index in [-0.39, 0.29) is 22.0 Å². The van der Waals surface area contributed by atoms with Gasteiger partial charge in [-0.15, -0.1) is 0 Å². The number of rotatable bonds is 1. The van der Waals surface area contributed by atoms with Crippen LogP contribution in [0.2, 0.25) is 0 Å². The predicted octanol–water partition coefficient (Wildman–Crippen LogP) is 2.90. The number of nitrogens with zero attached hydrogens (tertiary/aromatic N) is 1. The van der Waals surface area contributed by atoms with Crippen molar-refractivity contribution in [2.24, 2.45) is 0 Å². The molecular weight excluding hydrogens is 337 g/mol. The van der Waals surface area contributed by atoms with Crippen molar-refractivity contribution in [1.29, 1.82) is 0 Å². The van der Waals surface area contributed by atoms with Crippen LogP contribution in [-0.4, -0.2) is 36.5 Å². The van der Waals surface area contributed by atoms with E-state index in [1.54, 1.807) is 4.90 Å². The molecule has 1 aromatic carbocycles. The number of amides is 1. The Morgan fingerprint density at radius 3 is 2.75 bits per heavy atom. The second kappa shape index (κ2) is 5.73. The molecule has 1 aliphatic heterocycles. The minimum Gasteiger partial charge on any atom is -0.333 e. The fourth-order valence-corrected chi connectivity index (χ4v) is 2.66. The molecule has 2 rings (SSSR count). The first-order chi connectivity index (χ1) is 9.30. The Bertz CT molecular complexity index is 519. The van der Waals surface area contributed by atoms with E-state index in [9.17, 15) is 18.0 Å². The number of benzene rings is 1. The predicted molar refractivity (Wildman–Crippen MR) is 72.5 cm³/mol. The summed E-state index contributed by atoms with van der Waals surface area (Å²) in [5, 5.41) is 3.13. The molecule has 0 unspecified atom stereocenters. The number of nitrogens with one attached hydrogen (secondary N) is 1. The molecule has 0 saturated carbocycles. The minimum atomic E-state index is -4.48. The van der Waals surface area contributed by atoms with Crippen molar-refractivity contribution in [1.82, 2.24) is 10.2 Å². The van der Waals surface area contributed by atoms with Crippen LogP contribution in [0.15, 0.2) is 22.7 Å². The standard InChI is InChI=1S/C13H14BrF3N2O/c1-8-7-18-4-5-19(8)12(20)9-2-3-11(14)10(6-9)13(15,16)17/h2-3,6,8,18H,4-5,7H2,1H3/t8-/m0/s1. The number of carbonyl (C=O) groups excluding carboxylic acids is 1. The van der Waals surface area contributed by atoms with Gasteiger partial charge in [0.25, 0.3) is 5.91 Å². The molecule has 20 heavy (non-hydrogen) atoms. The van der Waals surface area contributed by atoms with E-state index >= 15 is 0 Å². The quantitative estimate of drug-likeness (QED) is 0.844. The van der Waals surface area contributed by atoms with E-state index in [4.69, 9.17) is 0 Å². The molecule has 1 saturated heterocycles. The van der Waals surface area contributed by atoms with Crippen molar-refractivity contribution < 1.29 is 18.0 Å². The van der Waals surface area contributed by atoms with Gasteiger partial charge in [0.05, 0.1) is 5.56 Å². The number of halogens is 4. The van der Waals surface area contributed by atoms with Gasteiger partial charge in [0.1, 0.15) is 0 Å². The summed E-state index contributed by atoms with van der Waals surface area (Å²) in [6.07, 6.45) is -4.48. The fourth-order valence-electron chi connectivity index (χ4n) is 2.18. The summed E-state index contributed by atoms with van der Waals surface area (Å²) in [5.41, 5.74) is -0.764. The molecule has 1 N–H and O–H groups in total. The molecule has 1 fully saturated rings. The molecule has 0 spiro atoms. The van der Waals surface area contributed by atoms with Gasteiger partial charge in [-0.2, -0.15) is 13.2 Å². The van der Waals surface area contributed by atoms with Crippen LogP contribution in [0.4, 0.5) is 13.2 Å². The number of piperazine rings is 1. The van der Waals surface area contributed by atoms with Crippen LogP contribution >= 0.6 is 15.9 Å². The maximum Gasteiger partial charge on any atom is 0.417 e. The summed E-state index contributed by atoms with van der Waals surface area (Å²) in [7, 11) is 0. The van der Waals surface area contributed by atoms with E-state index in [1.165, 1.54) is 12.1 Å². The zero-order valence-electron chi connectivity index (χ0n) is 10.8. The number of carbonyl (C=O) groups is 1. The summed E-state index contributed by atoms with van der Waals surface area (Å²) in [5.74, 6) is -0.364. The Labute approximate surface area is 123 Å². The van der Waals surface area contributed by atoms with Gasteiger partial charge in [0.15, 0.2) is 0 Å². The lowest BCUT2D eigenvalue weighted by atomic mass is 10.1. The molecule has 3 nitrogen and oxygen atoms in total. The van der Waals surface area contributed by atoms with Crippen LogP contribution in [0.3, 0.4) is 0 Å². The van der Waals surface area contributed by atoms with Gasteiger partial charge >= 0.3 is 6.18 Å². The molecule has 0 aliphatic carbocycles. The maximum absolute atomic E-state index is 12.8. The first-order valence-electron chi connectivity index (χ1n) is 6.19. The second-order valence-corrected chi connectivity index (χ2v) is 5.60. The highest BCUT2D eigenvalue weighted by molar-refractivity contribution is 9.10. The summed E-state index contributed by atoms with van der Waals surface area (Å²) in [6.45, 7) is 3.66. The Morgan fingerprint density at radius 1 is 1.45 bits per heavy atom. The van der Waals surface area contributed by atoms with E-state index < -0.39 is 11.7 Å². The Kier molecular flexibility index (Phi) is 4.39. The van der Waals surface area contributed by atoms with Crippen molar-refractivity contribution in [2.75, 3.05) is 19.6 Å². The maximum atomic E-state index is 12.8. The number of hydrogen-bond acceptors (Lipinski definition) is 2. The molecule has 0 radical (unpaired) electrons. The first-order valence-corrected chi connectivity index (χ1v) is 6.98. The van der Waals surface area contributed by atoms with Crippen LogP contribution in [0.1, 0.15) is 22.8 Å². The lowest BCUT2D eigenvalue weighted by molar-refractivity contribution is -0.138. The van der Waals surface area contributed by atoms with Crippen molar-refractivity contribution in [3.8, 4) is 0 Å². The van der Waals surface area contributed by atoms with Crippen LogP contribution in [-0.2, 0) is 6.18 Å². The van der Waals surface area contributed by atoms with E-state index in [1.807, 2.05) is 6.92 Å². The van der Waals surface area contributed by atoms with Crippen LogP contribution < -0.4 is 5.32 Å². The Hall–Kier alpha value is -1.08. The smallest absolute Gasteiger partial charge is 0.333 e.